The molecule has 0 saturated carbocycles. The second-order valence-electron chi connectivity index (χ2n) is 5.99. The summed E-state index contributed by atoms with van der Waals surface area (Å²) in [6, 6.07) is 14.0. The number of aromatic nitrogens is 2. The maximum atomic E-state index is 11.9. The number of imidazole rings is 1. The van der Waals surface area contributed by atoms with E-state index in [-0.39, 0.29) is 17.1 Å². The van der Waals surface area contributed by atoms with Crippen LogP contribution in [0.4, 0.5) is 11.4 Å². The number of nitro benzene ring substituents is 1. The van der Waals surface area contributed by atoms with Gasteiger partial charge in [-0.3, -0.25) is 10.1 Å². The lowest BCUT2D eigenvalue weighted by molar-refractivity contribution is -0.386. The van der Waals surface area contributed by atoms with Crippen molar-refractivity contribution in [1.29, 1.82) is 0 Å². The number of hydrogen-bond donors (Lipinski definition) is 1. The van der Waals surface area contributed by atoms with E-state index in [0.717, 1.165) is 11.8 Å². The van der Waals surface area contributed by atoms with Crippen molar-refractivity contribution in [3.63, 3.8) is 0 Å². The van der Waals surface area contributed by atoms with Crippen LogP contribution in [0.2, 0.25) is 0 Å². The number of nitro groups is 1. The zero-order valence-electron chi connectivity index (χ0n) is 14.6. The van der Waals surface area contributed by atoms with Crippen molar-refractivity contribution in [3.8, 4) is 0 Å². The summed E-state index contributed by atoms with van der Waals surface area (Å²) in [6.45, 7) is 0.831. The normalized spacial score (nSPS) is 11.3. The molecular formula is C18H18N4O4S. The average Bonchev–Trinajstić information content (AvgIpc) is 3.06. The number of benzene rings is 2. The first kappa shape index (κ1) is 18.6. The van der Waals surface area contributed by atoms with Crippen molar-refractivity contribution in [2.24, 2.45) is 0 Å². The van der Waals surface area contributed by atoms with Gasteiger partial charge in [0.15, 0.2) is 9.84 Å². The lowest BCUT2D eigenvalue weighted by Gasteiger charge is -2.11. The molecule has 0 aliphatic carbocycles. The first-order chi connectivity index (χ1) is 12.9. The Kier molecular flexibility index (Phi) is 5.22. The van der Waals surface area contributed by atoms with Gasteiger partial charge in [0.05, 0.1) is 11.5 Å². The molecule has 0 aliphatic rings. The summed E-state index contributed by atoms with van der Waals surface area (Å²) in [7, 11) is -3.72. The fourth-order valence-electron chi connectivity index (χ4n) is 2.76. The Labute approximate surface area is 156 Å². The molecule has 0 amide bonds. The zero-order valence-corrected chi connectivity index (χ0v) is 15.4. The standard InChI is InChI=1S/C18H18N4O4S/c1-27(25,26)16-9-5-8-15(18(16)22(23)24)20-12-17-19-10-11-21(17)13-14-6-3-2-4-7-14/h2-11,20H,12-13H2,1H3. The fraction of sp³-hybridized carbons (Fsp3) is 0.167. The zero-order chi connectivity index (χ0) is 19.4. The maximum absolute atomic E-state index is 11.9. The summed E-state index contributed by atoms with van der Waals surface area (Å²) in [6.07, 6.45) is 4.43. The number of rotatable bonds is 7. The van der Waals surface area contributed by atoms with Crippen LogP contribution in [0.15, 0.2) is 65.8 Å². The second-order valence-corrected chi connectivity index (χ2v) is 7.98. The van der Waals surface area contributed by atoms with Crippen LogP contribution >= 0.6 is 0 Å². The lowest BCUT2D eigenvalue weighted by Crippen LogP contribution is -2.11. The van der Waals surface area contributed by atoms with Crippen LogP contribution in [0.1, 0.15) is 11.4 Å². The maximum Gasteiger partial charge on any atom is 0.310 e. The highest BCUT2D eigenvalue weighted by atomic mass is 32.2. The third-order valence-electron chi connectivity index (χ3n) is 4.02. The van der Waals surface area contributed by atoms with E-state index < -0.39 is 20.4 Å². The molecule has 2 aromatic carbocycles. The van der Waals surface area contributed by atoms with Crippen LogP contribution in [0.25, 0.3) is 0 Å². The minimum atomic E-state index is -3.72. The van der Waals surface area contributed by atoms with Crippen molar-refractivity contribution in [3.05, 3.63) is 82.4 Å². The lowest BCUT2D eigenvalue weighted by atomic mass is 10.2. The topological polar surface area (TPSA) is 107 Å². The number of para-hydroxylation sites is 1. The third kappa shape index (κ3) is 4.32. The molecule has 1 heterocycles. The molecule has 9 heteroatoms. The number of anilines is 1. The molecular weight excluding hydrogens is 368 g/mol. The van der Waals surface area contributed by atoms with Gasteiger partial charge in [-0.1, -0.05) is 36.4 Å². The summed E-state index contributed by atoms with van der Waals surface area (Å²) in [5, 5.41) is 14.4. The summed E-state index contributed by atoms with van der Waals surface area (Å²) in [5.41, 5.74) is 0.778. The smallest absolute Gasteiger partial charge is 0.310 e. The Morgan fingerprint density at radius 1 is 1.15 bits per heavy atom. The van der Waals surface area contributed by atoms with Gasteiger partial charge in [-0.05, 0) is 17.7 Å². The predicted molar refractivity (Wildman–Crippen MR) is 101 cm³/mol. The Bertz CT molecular complexity index is 1060. The van der Waals surface area contributed by atoms with Crippen LogP contribution in [0.5, 0.6) is 0 Å². The summed E-state index contributed by atoms with van der Waals surface area (Å²) in [5.74, 6) is 0.679. The molecule has 0 atom stereocenters. The van der Waals surface area contributed by atoms with Crippen molar-refractivity contribution in [2.75, 3.05) is 11.6 Å². The molecule has 0 bridgehead atoms. The van der Waals surface area contributed by atoms with Gasteiger partial charge in [0.2, 0.25) is 0 Å². The van der Waals surface area contributed by atoms with Crippen molar-refractivity contribution in [1.82, 2.24) is 9.55 Å². The van der Waals surface area contributed by atoms with E-state index in [1.165, 1.54) is 18.2 Å². The Morgan fingerprint density at radius 3 is 2.56 bits per heavy atom. The summed E-state index contributed by atoms with van der Waals surface area (Å²) >= 11 is 0. The first-order valence-corrected chi connectivity index (χ1v) is 10.0. The van der Waals surface area contributed by atoms with E-state index >= 15 is 0 Å². The number of sulfone groups is 1. The molecule has 27 heavy (non-hydrogen) atoms. The number of nitrogens with one attached hydrogen (secondary N) is 1. The Hall–Kier alpha value is -3.20. The van der Waals surface area contributed by atoms with Crippen LogP contribution in [0, 0.1) is 10.1 Å². The van der Waals surface area contributed by atoms with Crippen LogP contribution in [-0.2, 0) is 22.9 Å². The van der Waals surface area contributed by atoms with Gasteiger partial charge in [-0.2, -0.15) is 0 Å². The van der Waals surface area contributed by atoms with E-state index in [4.69, 9.17) is 0 Å². The third-order valence-corrected chi connectivity index (χ3v) is 5.14. The first-order valence-electron chi connectivity index (χ1n) is 8.11. The average molecular weight is 386 g/mol. The number of hydrogen-bond acceptors (Lipinski definition) is 6. The molecule has 140 valence electrons. The van der Waals surface area contributed by atoms with E-state index in [9.17, 15) is 18.5 Å². The molecule has 0 aliphatic heterocycles. The van der Waals surface area contributed by atoms with Gasteiger partial charge in [0, 0.05) is 25.2 Å². The summed E-state index contributed by atoms with van der Waals surface area (Å²) in [4.78, 5) is 14.7. The minimum Gasteiger partial charge on any atom is -0.372 e. The van der Waals surface area contributed by atoms with Crippen molar-refractivity contribution < 1.29 is 13.3 Å². The highest BCUT2D eigenvalue weighted by molar-refractivity contribution is 7.90. The molecule has 8 nitrogen and oxygen atoms in total. The fourth-order valence-corrected chi connectivity index (χ4v) is 3.62. The van der Waals surface area contributed by atoms with E-state index in [0.29, 0.717) is 12.4 Å². The van der Waals surface area contributed by atoms with Crippen LogP contribution in [-0.4, -0.2) is 29.1 Å². The van der Waals surface area contributed by atoms with Gasteiger partial charge in [0.1, 0.15) is 16.4 Å². The molecule has 1 aromatic heterocycles. The molecule has 0 unspecified atom stereocenters. The predicted octanol–water partition coefficient (Wildman–Crippen LogP) is 2.86. The quantitative estimate of drug-likeness (QED) is 0.494. The van der Waals surface area contributed by atoms with Gasteiger partial charge in [-0.25, -0.2) is 13.4 Å². The Balaban J connectivity index is 1.84. The van der Waals surface area contributed by atoms with E-state index in [2.05, 4.69) is 10.3 Å². The molecule has 3 aromatic rings. The minimum absolute atomic E-state index is 0.136. The molecule has 0 saturated heterocycles. The molecule has 0 spiro atoms. The van der Waals surface area contributed by atoms with Crippen molar-refractivity contribution in [2.45, 2.75) is 18.0 Å². The molecule has 1 N–H and O–H groups in total. The highest BCUT2D eigenvalue weighted by Crippen LogP contribution is 2.32. The number of nitrogens with zero attached hydrogens (tertiary/aromatic N) is 3. The monoisotopic (exact) mass is 386 g/mol. The van der Waals surface area contributed by atoms with E-state index in [1.54, 1.807) is 6.20 Å². The van der Waals surface area contributed by atoms with Gasteiger partial charge < -0.3 is 9.88 Å². The van der Waals surface area contributed by atoms with Crippen LogP contribution in [0.3, 0.4) is 0 Å². The molecule has 0 fully saturated rings. The van der Waals surface area contributed by atoms with E-state index in [1.807, 2.05) is 41.1 Å². The SMILES string of the molecule is CS(=O)(=O)c1cccc(NCc2nccn2Cc2ccccc2)c1[N+](=O)[O-]. The van der Waals surface area contributed by atoms with Gasteiger partial charge in [-0.15, -0.1) is 0 Å². The molecule has 3 rings (SSSR count). The molecule has 0 radical (unpaired) electrons. The van der Waals surface area contributed by atoms with Crippen molar-refractivity contribution >= 4 is 21.2 Å². The largest absolute Gasteiger partial charge is 0.372 e. The van der Waals surface area contributed by atoms with Crippen LogP contribution < -0.4 is 5.32 Å². The summed E-state index contributed by atoms with van der Waals surface area (Å²) < 4.78 is 25.6. The van der Waals surface area contributed by atoms with Gasteiger partial charge >= 0.3 is 5.69 Å². The van der Waals surface area contributed by atoms with Gasteiger partial charge in [0.25, 0.3) is 0 Å². The Morgan fingerprint density at radius 2 is 1.89 bits per heavy atom. The highest BCUT2D eigenvalue weighted by Gasteiger charge is 2.26. The second kappa shape index (κ2) is 7.58.